The summed E-state index contributed by atoms with van der Waals surface area (Å²) in [6, 6.07) is 0.250. The number of carbonyl (C=O) groups excluding carboxylic acids is 1. The third kappa shape index (κ3) is 3.65. The second kappa shape index (κ2) is 7.04. The van der Waals surface area contributed by atoms with Crippen LogP contribution in [0, 0.1) is 11.8 Å². The second-order valence-corrected chi connectivity index (χ2v) is 5.79. The summed E-state index contributed by atoms with van der Waals surface area (Å²) in [6.07, 6.45) is 3.66. The van der Waals surface area contributed by atoms with Gasteiger partial charge in [0.05, 0.1) is 10.9 Å². The minimum Gasteiger partial charge on any atom is -0.396 e. The van der Waals surface area contributed by atoms with Crippen LogP contribution < -0.4 is 5.73 Å². The Bertz CT molecular complexity index is 307. The standard InChI is InChI=1S/C13H24N2O2S/c1-9(2)11(12(14)18)13(17)15-7-3-5-10(15)6-4-8-16/h9-11,16H,3-8H2,1-2H3,(H2,14,18). The zero-order valence-electron chi connectivity index (χ0n) is 11.3. The Balaban J connectivity index is 2.71. The summed E-state index contributed by atoms with van der Waals surface area (Å²) in [4.78, 5) is 14.7. The van der Waals surface area contributed by atoms with E-state index in [9.17, 15) is 4.79 Å². The van der Waals surface area contributed by atoms with Crippen LogP contribution in [0.15, 0.2) is 0 Å². The molecule has 1 fully saturated rings. The molecule has 1 heterocycles. The second-order valence-electron chi connectivity index (χ2n) is 5.32. The van der Waals surface area contributed by atoms with E-state index in [4.69, 9.17) is 23.1 Å². The van der Waals surface area contributed by atoms with Crippen molar-refractivity contribution in [2.45, 2.75) is 45.6 Å². The van der Waals surface area contributed by atoms with Crippen molar-refractivity contribution in [3.63, 3.8) is 0 Å². The molecule has 4 nitrogen and oxygen atoms in total. The average molecular weight is 272 g/mol. The number of carbonyl (C=O) groups is 1. The Labute approximate surface area is 115 Å². The fourth-order valence-corrected chi connectivity index (χ4v) is 3.04. The van der Waals surface area contributed by atoms with E-state index in [1.54, 1.807) is 0 Å². The summed E-state index contributed by atoms with van der Waals surface area (Å²) in [5.41, 5.74) is 5.70. The van der Waals surface area contributed by atoms with Crippen LogP contribution in [-0.2, 0) is 4.79 Å². The lowest BCUT2D eigenvalue weighted by Crippen LogP contribution is -2.45. The monoisotopic (exact) mass is 272 g/mol. The van der Waals surface area contributed by atoms with Crippen molar-refractivity contribution in [2.75, 3.05) is 13.2 Å². The lowest BCUT2D eigenvalue weighted by Gasteiger charge is -2.30. The van der Waals surface area contributed by atoms with Crippen LogP contribution in [0.25, 0.3) is 0 Å². The van der Waals surface area contributed by atoms with Crippen molar-refractivity contribution < 1.29 is 9.90 Å². The molecule has 0 bridgehead atoms. The van der Waals surface area contributed by atoms with E-state index in [0.717, 1.165) is 32.2 Å². The smallest absolute Gasteiger partial charge is 0.233 e. The van der Waals surface area contributed by atoms with Crippen LogP contribution in [0.5, 0.6) is 0 Å². The SMILES string of the molecule is CC(C)C(C(=O)N1CCCC1CCCO)C(N)=S. The molecule has 18 heavy (non-hydrogen) atoms. The summed E-state index contributed by atoms with van der Waals surface area (Å²) < 4.78 is 0. The third-order valence-electron chi connectivity index (χ3n) is 3.59. The molecule has 0 aliphatic carbocycles. The van der Waals surface area contributed by atoms with Crippen molar-refractivity contribution in [3.8, 4) is 0 Å². The highest BCUT2D eigenvalue weighted by molar-refractivity contribution is 7.80. The van der Waals surface area contributed by atoms with E-state index in [1.807, 2.05) is 18.7 Å². The average Bonchev–Trinajstić information content (AvgIpc) is 2.73. The summed E-state index contributed by atoms with van der Waals surface area (Å²) in [5.74, 6) is -0.151. The van der Waals surface area contributed by atoms with Gasteiger partial charge in [0.2, 0.25) is 5.91 Å². The van der Waals surface area contributed by atoms with Crippen molar-refractivity contribution >= 4 is 23.1 Å². The maximum absolute atomic E-state index is 12.5. The number of hydrogen-bond donors (Lipinski definition) is 2. The third-order valence-corrected chi connectivity index (χ3v) is 3.85. The summed E-state index contributed by atoms with van der Waals surface area (Å²) in [7, 11) is 0. The normalized spacial score (nSPS) is 21.3. The summed E-state index contributed by atoms with van der Waals surface area (Å²) >= 11 is 5.02. The first-order valence-corrected chi connectivity index (χ1v) is 7.10. The van der Waals surface area contributed by atoms with E-state index in [-0.39, 0.29) is 30.4 Å². The molecular formula is C13H24N2O2S. The van der Waals surface area contributed by atoms with Crippen LogP contribution in [0.3, 0.4) is 0 Å². The lowest BCUT2D eigenvalue weighted by molar-refractivity contribution is -0.135. The minimum absolute atomic E-state index is 0.0675. The fourth-order valence-electron chi connectivity index (χ4n) is 2.67. The van der Waals surface area contributed by atoms with E-state index in [0.29, 0.717) is 4.99 Å². The van der Waals surface area contributed by atoms with Gasteiger partial charge in [-0.2, -0.15) is 0 Å². The van der Waals surface area contributed by atoms with Gasteiger partial charge in [-0.3, -0.25) is 4.79 Å². The Morgan fingerprint density at radius 3 is 2.72 bits per heavy atom. The van der Waals surface area contributed by atoms with Gasteiger partial charge in [-0.25, -0.2) is 0 Å². The van der Waals surface area contributed by atoms with Crippen molar-refractivity contribution in [1.29, 1.82) is 0 Å². The Hall–Kier alpha value is -0.680. The van der Waals surface area contributed by atoms with Gasteiger partial charge in [-0.15, -0.1) is 0 Å². The molecule has 0 radical (unpaired) electrons. The number of hydrogen-bond acceptors (Lipinski definition) is 3. The van der Waals surface area contributed by atoms with Crippen LogP contribution in [0.2, 0.25) is 0 Å². The van der Waals surface area contributed by atoms with E-state index >= 15 is 0 Å². The molecule has 2 unspecified atom stereocenters. The van der Waals surface area contributed by atoms with Crippen LogP contribution in [-0.4, -0.2) is 40.1 Å². The molecule has 0 aromatic heterocycles. The van der Waals surface area contributed by atoms with Crippen molar-refractivity contribution in [3.05, 3.63) is 0 Å². The van der Waals surface area contributed by atoms with Gasteiger partial charge in [0.15, 0.2) is 0 Å². The van der Waals surface area contributed by atoms with E-state index < -0.39 is 0 Å². The number of nitrogens with zero attached hydrogens (tertiary/aromatic N) is 1. The molecule has 1 aliphatic rings. The Morgan fingerprint density at radius 1 is 1.56 bits per heavy atom. The van der Waals surface area contributed by atoms with Crippen LogP contribution >= 0.6 is 12.2 Å². The van der Waals surface area contributed by atoms with Crippen LogP contribution in [0.1, 0.15) is 39.5 Å². The zero-order chi connectivity index (χ0) is 13.7. The summed E-state index contributed by atoms with van der Waals surface area (Å²) in [6.45, 7) is 4.92. The van der Waals surface area contributed by atoms with Gasteiger partial charge in [0.25, 0.3) is 0 Å². The zero-order valence-corrected chi connectivity index (χ0v) is 12.1. The quantitative estimate of drug-likeness (QED) is 0.715. The number of thiocarbonyl (C=S) groups is 1. The minimum atomic E-state index is -0.352. The number of likely N-dealkylation sites (tertiary alicyclic amines) is 1. The van der Waals surface area contributed by atoms with Crippen molar-refractivity contribution in [2.24, 2.45) is 17.6 Å². The predicted octanol–water partition coefficient (Wildman–Crippen LogP) is 1.31. The highest BCUT2D eigenvalue weighted by Gasteiger charge is 2.35. The topological polar surface area (TPSA) is 66.6 Å². The van der Waals surface area contributed by atoms with Gasteiger partial charge in [0, 0.05) is 19.2 Å². The molecule has 0 aromatic carbocycles. The predicted molar refractivity (Wildman–Crippen MR) is 76.2 cm³/mol. The molecule has 3 N–H and O–H groups in total. The highest BCUT2D eigenvalue weighted by Crippen LogP contribution is 2.25. The lowest BCUT2D eigenvalue weighted by atomic mass is 9.93. The van der Waals surface area contributed by atoms with Gasteiger partial charge >= 0.3 is 0 Å². The van der Waals surface area contributed by atoms with Gasteiger partial charge < -0.3 is 15.7 Å². The van der Waals surface area contributed by atoms with Crippen molar-refractivity contribution in [1.82, 2.24) is 4.90 Å². The van der Waals surface area contributed by atoms with Gasteiger partial charge in [-0.05, 0) is 31.6 Å². The molecule has 0 saturated carbocycles. The molecule has 104 valence electrons. The molecule has 0 aromatic rings. The maximum Gasteiger partial charge on any atom is 0.233 e. The molecule has 2 atom stereocenters. The first kappa shape index (κ1) is 15.4. The fraction of sp³-hybridized carbons (Fsp3) is 0.846. The van der Waals surface area contributed by atoms with Gasteiger partial charge in [0.1, 0.15) is 0 Å². The van der Waals surface area contributed by atoms with E-state index in [2.05, 4.69) is 0 Å². The molecule has 1 aliphatic heterocycles. The Morgan fingerprint density at radius 2 is 2.22 bits per heavy atom. The highest BCUT2D eigenvalue weighted by atomic mass is 32.1. The first-order chi connectivity index (χ1) is 8.49. The molecule has 0 spiro atoms. The molecular weight excluding hydrogens is 248 g/mol. The number of amides is 1. The molecule has 1 rings (SSSR count). The first-order valence-electron chi connectivity index (χ1n) is 6.69. The van der Waals surface area contributed by atoms with Gasteiger partial charge in [-0.1, -0.05) is 26.1 Å². The number of aliphatic hydroxyl groups is 1. The summed E-state index contributed by atoms with van der Waals surface area (Å²) in [5, 5.41) is 8.89. The molecule has 5 heteroatoms. The van der Waals surface area contributed by atoms with Crippen LogP contribution in [0.4, 0.5) is 0 Å². The Kier molecular flexibility index (Phi) is 6.02. The number of nitrogens with two attached hydrogens (primary N) is 1. The maximum atomic E-state index is 12.5. The molecule has 1 saturated heterocycles. The molecule has 1 amide bonds. The number of aliphatic hydroxyl groups excluding tert-OH is 1. The number of rotatable bonds is 6. The largest absolute Gasteiger partial charge is 0.396 e. The van der Waals surface area contributed by atoms with E-state index in [1.165, 1.54) is 0 Å².